The Morgan fingerprint density at radius 2 is 1.78 bits per heavy atom. The summed E-state index contributed by atoms with van der Waals surface area (Å²) in [5, 5.41) is 19.0. The number of aliphatic hydroxyl groups is 2. The Morgan fingerprint density at radius 1 is 1.11 bits per heavy atom. The lowest BCUT2D eigenvalue weighted by molar-refractivity contribution is 0.259. The number of aliphatic hydroxyl groups excluding tert-OH is 2. The molecule has 0 atom stereocenters. The second-order valence-corrected chi connectivity index (χ2v) is 4.05. The van der Waals surface area contributed by atoms with Crippen molar-refractivity contribution in [2.75, 3.05) is 7.11 Å². The van der Waals surface area contributed by atoms with Crippen molar-refractivity contribution >= 4 is 0 Å². The van der Waals surface area contributed by atoms with Crippen LogP contribution in [-0.4, -0.2) is 21.9 Å². The highest BCUT2D eigenvalue weighted by molar-refractivity contribution is 5.69. The van der Waals surface area contributed by atoms with E-state index in [1.54, 1.807) is 7.11 Å². The number of ether oxygens (including phenoxy) is 1. The van der Waals surface area contributed by atoms with Crippen LogP contribution in [0.25, 0.3) is 11.3 Å². The third-order valence-electron chi connectivity index (χ3n) is 3.12. The molecule has 1 aromatic heterocycles. The maximum absolute atomic E-state index is 9.55. The van der Waals surface area contributed by atoms with Gasteiger partial charge in [-0.25, -0.2) is 0 Å². The fourth-order valence-corrected chi connectivity index (χ4v) is 2.30. The van der Waals surface area contributed by atoms with Crippen LogP contribution in [0.4, 0.5) is 0 Å². The predicted octanol–water partition coefficient (Wildman–Crippen LogP) is 1.69. The number of aromatic nitrogens is 1. The molecule has 2 aromatic rings. The molecule has 96 valence electrons. The van der Waals surface area contributed by atoms with Crippen LogP contribution in [-0.2, 0) is 20.3 Å². The van der Waals surface area contributed by atoms with E-state index in [-0.39, 0.29) is 13.2 Å². The number of hydrogen-bond acceptors (Lipinski definition) is 3. The molecule has 18 heavy (non-hydrogen) atoms. The van der Waals surface area contributed by atoms with Gasteiger partial charge >= 0.3 is 0 Å². The molecule has 0 fully saturated rings. The summed E-state index contributed by atoms with van der Waals surface area (Å²) in [4.78, 5) is 0. The molecule has 1 aromatic carbocycles. The van der Waals surface area contributed by atoms with E-state index in [2.05, 4.69) is 0 Å². The van der Waals surface area contributed by atoms with Gasteiger partial charge in [0.25, 0.3) is 0 Å². The Morgan fingerprint density at radius 3 is 2.28 bits per heavy atom. The van der Waals surface area contributed by atoms with Crippen LogP contribution in [0, 0.1) is 0 Å². The van der Waals surface area contributed by atoms with Gasteiger partial charge in [-0.15, -0.1) is 0 Å². The first-order valence-electron chi connectivity index (χ1n) is 5.76. The van der Waals surface area contributed by atoms with Crippen LogP contribution < -0.4 is 4.74 Å². The van der Waals surface area contributed by atoms with Crippen molar-refractivity contribution in [3.05, 3.63) is 41.6 Å². The fraction of sp³-hybridized carbons (Fsp3) is 0.286. The highest BCUT2D eigenvalue weighted by Gasteiger charge is 2.21. The fourth-order valence-electron chi connectivity index (χ4n) is 2.30. The third kappa shape index (κ3) is 1.89. The monoisotopic (exact) mass is 247 g/mol. The Balaban J connectivity index is 2.70. The largest absolute Gasteiger partial charge is 0.494 e. The molecule has 0 aliphatic heterocycles. The van der Waals surface area contributed by atoms with Crippen molar-refractivity contribution in [1.82, 2.24) is 4.57 Å². The first-order chi connectivity index (χ1) is 8.74. The van der Waals surface area contributed by atoms with Gasteiger partial charge in [-0.2, -0.15) is 0 Å². The van der Waals surface area contributed by atoms with Crippen molar-refractivity contribution < 1.29 is 14.9 Å². The number of benzene rings is 1. The first kappa shape index (κ1) is 12.7. The zero-order chi connectivity index (χ0) is 13.1. The summed E-state index contributed by atoms with van der Waals surface area (Å²) in [5.74, 6) is 0.557. The second-order valence-electron chi connectivity index (χ2n) is 4.05. The van der Waals surface area contributed by atoms with Gasteiger partial charge in [0.05, 0.1) is 31.7 Å². The van der Waals surface area contributed by atoms with Gasteiger partial charge in [0, 0.05) is 12.6 Å². The zero-order valence-corrected chi connectivity index (χ0v) is 10.6. The summed E-state index contributed by atoms with van der Waals surface area (Å²) in [7, 11) is 3.40. The molecule has 0 unspecified atom stereocenters. The molecular weight excluding hydrogens is 230 g/mol. The minimum absolute atomic E-state index is 0.124. The highest BCUT2D eigenvalue weighted by Crippen LogP contribution is 2.36. The molecule has 0 bridgehead atoms. The topological polar surface area (TPSA) is 54.6 Å². The molecule has 1 heterocycles. The minimum atomic E-state index is -0.125. The van der Waals surface area contributed by atoms with Gasteiger partial charge in [0.15, 0.2) is 0 Å². The van der Waals surface area contributed by atoms with Crippen molar-refractivity contribution in [2.45, 2.75) is 13.2 Å². The Bertz CT molecular complexity index is 532. The second kappa shape index (κ2) is 5.25. The minimum Gasteiger partial charge on any atom is -0.494 e. The van der Waals surface area contributed by atoms with E-state index in [4.69, 9.17) is 4.74 Å². The summed E-state index contributed by atoms with van der Waals surface area (Å²) in [5.41, 5.74) is 3.23. The smallest absolute Gasteiger partial charge is 0.148 e. The lowest BCUT2D eigenvalue weighted by Crippen LogP contribution is -1.99. The van der Waals surface area contributed by atoms with Gasteiger partial charge in [-0.1, -0.05) is 30.3 Å². The van der Waals surface area contributed by atoms with Gasteiger partial charge in [0.1, 0.15) is 5.75 Å². The van der Waals surface area contributed by atoms with Gasteiger partial charge in [-0.3, -0.25) is 0 Å². The molecule has 0 spiro atoms. The lowest BCUT2D eigenvalue weighted by atomic mass is 10.1. The van der Waals surface area contributed by atoms with Crippen LogP contribution in [0.2, 0.25) is 0 Å². The normalized spacial score (nSPS) is 10.7. The molecule has 0 amide bonds. The van der Waals surface area contributed by atoms with Crippen LogP contribution >= 0.6 is 0 Å². The summed E-state index contributed by atoms with van der Waals surface area (Å²) in [6.07, 6.45) is 0. The lowest BCUT2D eigenvalue weighted by Gasteiger charge is -2.07. The van der Waals surface area contributed by atoms with Crippen LogP contribution in [0.15, 0.2) is 30.3 Å². The van der Waals surface area contributed by atoms with Crippen molar-refractivity contribution in [2.24, 2.45) is 7.05 Å². The average molecular weight is 247 g/mol. The maximum atomic E-state index is 9.55. The van der Waals surface area contributed by atoms with Crippen LogP contribution in [0.1, 0.15) is 11.3 Å². The van der Waals surface area contributed by atoms with E-state index in [9.17, 15) is 10.2 Å². The number of rotatable bonds is 4. The van der Waals surface area contributed by atoms with Crippen LogP contribution in [0.5, 0.6) is 5.75 Å². The standard InChI is InChI=1S/C14H17NO3/c1-15-12(9-17)14(18-2)11(8-16)13(15)10-6-4-3-5-7-10/h3-7,16-17H,8-9H2,1-2H3. The first-order valence-corrected chi connectivity index (χ1v) is 5.76. The maximum Gasteiger partial charge on any atom is 0.148 e. The van der Waals surface area contributed by atoms with E-state index < -0.39 is 0 Å². The molecule has 0 radical (unpaired) electrons. The van der Waals surface area contributed by atoms with E-state index in [1.165, 1.54) is 0 Å². The third-order valence-corrected chi connectivity index (χ3v) is 3.12. The van der Waals surface area contributed by atoms with Crippen LogP contribution in [0.3, 0.4) is 0 Å². The molecule has 2 rings (SSSR count). The summed E-state index contributed by atoms with van der Waals surface area (Å²) in [6, 6.07) is 9.75. The van der Waals surface area contributed by atoms with Crippen molar-refractivity contribution in [1.29, 1.82) is 0 Å². The summed E-state index contributed by atoms with van der Waals surface area (Å²) < 4.78 is 7.16. The van der Waals surface area contributed by atoms with Gasteiger partial charge < -0.3 is 19.5 Å². The Labute approximate surface area is 106 Å². The quantitative estimate of drug-likeness (QED) is 0.864. The molecule has 0 aliphatic rings. The SMILES string of the molecule is COc1c(CO)c(-c2ccccc2)n(C)c1CO. The molecular formula is C14H17NO3. The summed E-state index contributed by atoms with van der Waals surface area (Å²) >= 11 is 0. The number of methoxy groups -OCH3 is 1. The van der Waals surface area contributed by atoms with E-state index >= 15 is 0 Å². The van der Waals surface area contributed by atoms with Crippen molar-refractivity contribution in [3.8, 4) is 17.0 Å². The molecule has 0 saturated carbocycles. The molecule has 2 N–H and O–H groups in total. The average Bonchev–Trinajstić information content (AvgIpc) is 2.70. The summed E-state index contributed by atoms with van der Waals surface area (Å²) in [6.45, 7) is -0.249. The number of nitrogens with zero attached hydrogens (tertiary/aromatic N) is 1. The molecule has 0 aliphatic carbocycles. The molecule has 0 saturated heterocycles. The van der Waals surface area contributed by atoms with E-state index in [1.807, 2.05) is 41.9 Å². The molecule has 4 nitrogen and oxygen atoms in total. The number of hydrogen-bond donors (Lipinski definition) is 2. The van der Waals surface area contributed by atoms with E-state index in [0.29, 0.717) is 17.0 Å². The van der Waals surface area contributed by atoms with E-state index in [0.717, 1.165) is 11.3 Å². The van der Waals surface area contributed by atoms with Gasteiger partial charge in [0.2, 0.25) is 0 Å². The highest BCUT2D eigenvalue weighted by atomic mass is 16.5. The van der Waals surface area contributed by atoms with Gasteiger partial charge in [-0.05, 0) is 5.56 Å². The predicted molar refractivity (Wildman–Crippen MR) is 69.2 cm³/mol. The van der Waals surface area contributed by atoms with Crippen molar-refractivity contribution in [3.63, 3.8) is 0 Å². The Hall–Kier alpha value is -1.78. The molecule has 4 heteroatoms. The zero-order valence-electron chi connectivity index (χ0n) is 10.6. The Kier molecular flexibility index (Phi) is 3.69.